The van der Waals surface area contributed by atoms with Gasteiger partial charge in [0.1, 0.15) is 6.61 Å². The second kappa shape index (κ2) is 6.57. The van der Waals surface area contributed by atoms with E-state index >= 15 is 0 Å². The van der Waals surface area contributed by atoms with Gasteiger partial charge < -0.3 is 9.47 Å². The molecule has 0 N–H and O–H groups in total. The molecule has 0 atom stereocenters. The SMILES string of the molecule is COc1ccc(CBr)cc1OCc1ncccc1C. The molecule has 0 fully saturated rings. The smallest absolute Gasteiger partial charge is 0.162 e. The Labute approximate surface area is 121 Å². The Hall–Kier alpha value is -1.55. The Morgan fingerprint density at radius 2 is 2.05 bits per heavy atom. The summed E-state index contributed by atoms with van der Waals surface area (Å²) < 4.78 is 11.1. The van der Waals surface area contributed by atoms with Gasteiger partial charge in [0.05, 0.1) is 12.8 Å². The van der Waals surface area contributed by atoms with E-state index in [9.17, 15) is 0 Å². The van der Waals surface area contributed by atoms with Gasteiger partial charge in [-0.2, -0.15) is 0 Å². The Bertz CT molecular complexity index is 558. The number of pyridine rings is 1. The zero-order valence-electron chi connectivity index (χ0n) is 11.0. The van der Waals surface area contributed by atoms with E-state index in [1.165, 1.54) is 0 Å². The molecule has 1 aromatic carbocycles. The highest BCUT2D eigenvalue weighted by molar-refractivity contribution is 9.08. The molecule has 0 saturated heterocycles. The summed E-state index contributed by atoms with van der Waals surface area (Å²) in [6.07, 6.45) is 1.78. The number of nitrogens with zero attached hydrogens (tertiary/aromatic N) is 1. The van der Waals surface area contributed by atoms with E-state index in [4.69, 9.17) is 9.47 Å². The van der Waals surface area contributed by atoms with E-state index in [0.29, 0.717) is 6.61 Å². The third-order valence-corrected chi connectivity index (χ3v) is 3.51. The summed E-state index contributed by atoms with van der Waals surface area (Å²) in [5.41, 5.74) is 3.21. The van der Waals surface area contributed by atoms with E-state index < -0.39 is 0 Å². The first kappa shape index (κ1) is 13.9. The minimum atomic E-state index is 0.439. The topological polar surface area (TPSA) is 31.4 Å². The van der Waals surface area contributed by atoms with Crippen LogP contribution in [-0.2, 0) is 11.9 Å². The van der Waals surface area contributed by atoms with E-state index in [1.807, 2.05) is 37.3 Å². The Balaban J connectivity index is 2.16. The minimum Gasteiger partial charge on any atom is -0.493 e. The van der Waals surface area contributed by atoms with Crippen LogP contribution in [-0.4, -0.2) is 12.1 Å². The molecule has 0 aliphatic heterocycles. The second-order valence-corrected chi connectivity index (χ2v) is 4.74. The van der Waals surface area contributed by atoms with Gasteiger partial charge >= 0.3 is 0 Å². The molecule has 1 aromatic heterocycles. The molecule has 2 aromatic rings. The van der Waals surface area contributed by atoms with Gasteiger partial charge in [-0.1, -0.05) is 28.1 Å². The lowest BCUT2D eigenvalue weighted by Crippen LogP contribution is -2.02. The van der Waals surface area contributed by atoms with Gasteiger partial charge in [0, 0.05) is 11.5 Å². The van der Waals surface area contributed by atoms with E-state index in [1.54, 1.807) is 13.3 Å². The highest BCUT2D eigenvalue weighted by Crippen LogP contribution is 2.29. The molecule has 0 aliphatic carbocycles. The van der Waals surface area contributed by atoms with Crippen LogP contribution in [0.4, 0.5) is 0 Å². The maximum absolute atomic E-state index is 5.83. The number of halogens is 1. The Morgan fingerprint density at radius 3 is 2.74 bits per heavy atom. The van der Waals surface area contributed by atoms with Crippen molar-refractivity contribution in [3.63, 3.8) is 0 Å². The number of ether oxygens (including phenoxy) is 2. The summed E-state index contributed by atoms with van der Waals surface area (Å²) in [6.45, 7) is 2.46. The predicted octanol–water partition coefficient (Wildman–Crippen LogP) is 3.87. The lowest BCUT2D eigenvalue weighted by Gasteiger charge is -2.12. The number of alkyl halides is 1. The summed E-state index contributed by atoms with van der Waals surface area (Å²) in [5.74, 6) is 1.47. The van der Waals surface area contributed by atoms with Gasteiger partial charge in [-0.3, -0.25) is 4.98 Å². The fourth-order valence-corrected chi connectivity index (χ4v) is 2.08. The fraction of sp³-hybridized carbons (Fsp3) is 0.267. The number of hydrogen-bond donors (Lipinski definition) is 0. The maximum Gasteiger partial charge on any atom is 0.162 e. The summed E-state index contributed by atoms with van der Waals surface area (Å²) in [5, 5.41) is 0.788. The number of methoxy groups -OCH3 is 1. The highest BCUT2D eigenvalue weighted by atomic mass is 79.9. The van der Waals surface area contributed by atoms with Crippen LogP contribution in [0.2, 0.25) is 0 Å². The number of benzene rings is 1. The molecule has 4 heteroatoms. The van der Waals surface area contributed by atoms with Crippen LogP contribution < -0.4 is 9.47 Å². The van der Waals surface area contributed by atoms with Crippen molar-refractivity contribution in [1.29, 1.82) is 0 Å². The summed E-state index contributed by atoms with van der Waals surface area (Å²) in [7, 11) is 1.64. The van der Waals surface area contributed by atoms with Crippen LogP contribution >= 0.6 is 15.9 Å². The summed E-state index contributed by atoms with van der Waals surface area (Å²) in [4.78, 5) is 4.32. The maximum atomic E-state index is 5.83. The van der Waals surface area contributed by atoms with Crippen LogP contribution in [0.1, 0.15) is 16.8 Å². The molecule has 0 amide bonds. The minimum absolute atomic E-state index is 0.439. The number of hydrogen-bond acceptors (Lipinski definition) is 3. The van der Waals surface area contributed by atoms with E-state index in [0.717, 1.165) is 33.6 Å². The molecule has 0 saturated carbocycles. The molecule has 1 heterocycles. The molecule has 19 heavy (non-hydrogen) atoms. The third-order valence-electron chi connectivity index (χ3n) is 2.86. The van der Waals surface area contributed by atoms with Crippen LogP contribution in [0.3, 0.4) is 0 Å². The zero-order valence-corrected chi connectivity index (χ0v) is 12.6. The van der Waals surface area contributed by atoms with Gasteiger partial charge in [-0.05, 0) is 36.2 Å². The van der Waals surface area contributed by atoms with Crippen molar-refractivity contribution in [1.82, 2.24) is 4.98 Å². The molecular weight excluding hydrogens is 306 g/mol. The average molecular weight is 322 g/mol. The summed E-state index contributed by atoms with van der Waals surface area (Å²) in [6, 6.07) is 9.85. The van der Waals surface area contributed by atoms with Gasteiger partial charge in [-0.25, -0.2) is 0 Å². The quantitative estimate of drug-likeness (QED) is 0.783. The normalized spacial score (nSPS) is 10.3. The first-order valence-corrected chi connectivity index (χ1v) is 7.13. The Morgan fingerprint density at radius 1 is 1.21 bits per heavy atom. The average Bonchev–Trinajstić information content (AvgIpc) is 2.46. The molecular formula is C15H16BrNO2. The van der Waals surface area contributed by atoms with E-state index in [-0.39, 0.29) is 0 Å². The van der Waals surface area contributed by atoms with Crippen LogP contribution in [0.5, 0.6) is 11.5 Å². The van der Waals surface area contributed by atoms with Gasteiger partial charge in [0.15, 0.2) is 11.5 Å². The monoisotopic (exact) mass is 321 g/mol. The lowest BCUT2D eigenvalue weighted by atomic mass is 10.2. The Kier molecular flexibility index (Phi) is 4.80. The lowest BCUT2D eigenvalue weighted by molar-refractivity contribution is 0.280. The first-order valence-electron chi connectivity index (χ1n) is 6.00. The molecule has 0 aliphatic rings. The molecule has 3 nitrogen and oxygen atoms in total. The van der Waals surface area contributed by atoms with E-state index in [2.05, 4.69) is 20.9 Å². The van der Waals surface area contributed by atoms with Gasteiger partial charge in [-0.15, -0.1) is 0 Å². The predicted molar refractivity (Wildman–Crippen MR) is 78.9 cm³/mol. The van der Waals surface area contributed by atoms with Crippen LogP contribution in [0, 0.1) is 6.92 Å². The van der Waals surface area contributed by atoms with Crippen molar-refractivity contribution in [3.05, 3.63) is 53.3 Å². The van der Waals surface area contributed by atoms with Crippen LogP contribution in [0.15, 0.2) is 36.5 Å². The van der Waals surface area contributed by atoms with Crippen molar-refractivity contribution < 1.29 is 9.47 Å². The molecule has 0 bridgehead atoms. The molecule has 0 spiro atoms. The molecule has 2 rings (SSSR count). The van der Waals surface area contributed by atoms with Crippen molar-refractivity contribution in [2.24, 2.45) is 0 Å². The summed E-state index contributed by atoms with van der Waals surface area (Å²) >= 11 is 3.44. The number of aromatic nitrogens is 1. The van der Waals surface area contributed by atoms with Crippen molar-refractivity contribution in [2.75, 3.05) is 7.11 Å². The van der Waals surface area contributed by atoms with Crippen molar-refractivity contribution >= 4 is 15.9 Å². The zero-order chi connectivity index (χ0) is 13.7. The number of rotatable bonds is 5. The van der Waals surface area contributed by atoms with Crippen molar-refractivity contribution in [2.45, 2.75) is 18.9 Å². The van der Waals surface area contributed by atoms with Crippen molar-refractivity contribution in [3.8, 4) is 11.5 Å². The highest BCUT2D eigenvalue weighted by Gasteiger charge is 2.07. The van der Waals surface area contributed by atoms with Crippen LogP contribution in [0.25, 0.3) is 0 Å². The molecule has 0 radical (unpaired) electrons. The molecule has 0 unspecified atom stereocenters. The largest absolute Gasteiger partial charge is 0.493 e. The molecule has 100 valence electrons. The standard InChI is InChI=1S/C15H16BrNO2/c1-11-4-3-7-17-13(11)10-19-15-8-12(9-16)5-6-14(15)18-2/h3-8H,9-10H2,1-2H3. The first-order chi connectivity index (χ1) is 9.24. The third kappa shape index (κ3) is 3.47. The number of aryl methyl sites for hydroxylation is 1. The van der Waals surface area contributed by atoms with Gasteiger partial charge in [0.25, 0.3) is 0 Å². The van der Waals surface area contributed by atoms with Gasteiger partial charge in [0.2, 0.25) is 0 Å². The fourth-order valence-electron chi connectivity index (χ4n) is 1.73. The second-order valence-electron chi connectivity index (χ2n) is 4.17.